The van der Waals surface area contributed by atoms with Crippen LogP contribution in [-0.4, -0.2) is 39.4 Å². The van der Waals surface area contributed by atoms with Gasteiger partial charge in [0.1, 0.15) is 5.69 Å². The summed E-state index contributed by atoms with van der Waals surface area (Å²) in [6.07, 6.45) is 4.87. The lowest BCUT2D eigenvalue weighted by Gasteiger charge is -2.02. The van der Waals surface area contributed by atoms with E-state index in [0.29, 0.717) is 17.0 Å². The van der Waals surface area contributed by atoms with Crippen LogP contribution in [0, 0.1) is 6.92 Å². The first-order valence-corrected chi connectivity index (χ1v) is 5.29. The molecule has 0 aliphatic rings. The van der Waals surface area contributed by atoms with E-state index in [0.717, 1.165) is 0 Å². The molecule has 0 unspecified atom stereocenters. The van der Waals surface area contributed by atoms with Gasteiger partial charge in [0, 0.05) is 32.6 Å². The predicted octanol–water partition coefficient (Wildman–Crippen LogP) is 1.30. The number of fused-ring (bicyclic) bond motifs is 1. The topological polar surface area (TPSA) is 50.5 Å². The summed E-state index contributed by atoms with van der Waals surface area (Å²) in [5, 5.41) is 4.14. The average molecular weight is 230 g/mol. The molecule has 2 aromatic heterocycles. The van der Waals surface area contributed by atoms with Crippen LogP contribution in [0.1, 0.15) is 16.2 Å². The first-order chi connectivity index (χ1) is 8.09. The van der Waals surface area contributed by atoms with Gasteiger partial charge in [0.25, 0.3) is 0 Å². The molecule has 0 N–H and O–H groups in total. The van der Waals surface area contributed by atoms with Crippen LogP contribution in [0.15, 0.2) is 30.6 Å². The predicted molar refractivity (Wildman–Crippen MR) is 64.9 cm³/mol. The maximum Gasteiger partial charge on any atom is 0.207 e. The number of aromatic nitrogens is 3. The molecule has 0 bridgehead atoms. The second kappa shape index (κ2) is 4.37. The average Bonchev–Trinajstić information content (AvgIpc) is 2.61. The number of carbonyl (C=O) groups excluding carboxylic acids is 1. The van der Waals surface area contributed by atoms with Crippen molar-refractivity contribution in [3.05, 3.63) is 42.0 Å². The monoisotopic (exact) mass is 230 g/mol. The Bertz CT molecular complexity index is 583. The highest BCUT2D eigenvalue weighted by Crippen LogP contribution is 2.11. The summed E-state index contributed by atoms with van der Waals surface area (Å²) in [6.45, 7) is 1.81. The van der Waals surface area contributed by atoms with Crippen molar-refractivity contribution in [1.82, 2.24) is 19.5 Å². The van der Waals surface area contributed by atoms with Crippen LogP contribution in [0.25, 0.3) is 5.65 Å². The Kier molecular flexibility index (Phi) is 2.91. The van der Waals surface area contributed by atoms with Crippen LogP contribution in [-0.2, 0) is 0 Å². The number of allylic oxidation sites excluding steroid dienone is 1. The molecule has 2 rings (SSSR count). The molecule has 0 aliphatic heterocycles. The zero-order chi connectivity index (χ0) is 12.4. The minimum Gasteiger partial charge on any atom is -0.383 e. The van der Waals surface area contributed by atoms with Crippen LogP contribution in [0.4, 0.5) is 0 Å². The fraction of sp³-hybridized carbons (Fsp3) is 0.250. The summed E-state index contributed by atoms with van der Waals surface area (Å²) in [6, 6.07) is 3.62. The van der Waals surface area contributed by atoms with E-state index in [1.807, 2.05) is 32.0 Å². The third-order valence-electron chi connectivity index (χ3n) is 2.32. The zero-order valence-corrected chi connectivity index (χ0v) is 10.1. The van der Waals surface area contributed by atoms with E-state index in [2.05, 4.69) is 10.1 Å². The van der Waals surface area contributed by atoms with Gasteiger partial charge < -0.3 is 4.90 Å². The number of hydrogen-bond acceptors (Lipinski definition) is 4. The van der Waals surface area contributed by atoms with Gasteiger partial charge in [0.15, 0.2) is 5.65 Å². The van der Waals surface area contributed by atoms with E-state index in [1.54, 1.807) is 23.0 Å². The largest absolute Gasteiger partial charge is 0.383 e. The molecule has 5 heteroatoms. The number of rotatable bonds is 3. The van der Waals surface area contributed by atoms with Crippen molar-refractivity contribution in [2.75, 3.05) is 14.1 Å². The second-order valence-corrected chi connectivity index (χ2v) is 3.98. The minimum atomic E-state index is -0.0950. The molecule has 0 aromatic carbocycles. The van der Waals surface area contributed by atoms with Gasteiger partial charge in [-0.05, 0) is 19.1 Å². The Labute approximate surface area is 99.4 Å². The Hall–Kier alpha value is -2.17. The SMILES string of the molecule is Cc1nc2cccnn2c1C(=O)C=CN(C)C. The summed E-state index contributed by atoms with van der Waals surface area (Å²) in [5.74, 6) is -0.0950. The van der Waals surface area contributed by atoms with Crippen molar-refractivity contribution in [3.63, 3.8) is 0 Å². The lowest BCUT2D eigenvalue weighted by atomic mass is 10.2. The first-order valence-electron chi connectivity index (χ1n) is 5.29. The molecule has 2 aromatic rings. The molecule has 0 atom stereocenters. The number of aryl methyl sites for hydroxylation is 1. The smallest absolute Gasteiger partial charge is 0.207 e. The highest BCUT2D eigenvalue weighted by Gasteiger charge is 2.14. The highest BCUT2D eigenvalue weighted by molar-refractivity contribution is 6.04. The number of nitrogens with zero attached hydrogens (tertiary/aromatic N) is 4. The van der Waals surface area contributed by atoms with Crippen molar-refractivity contribution < 1.29 is 4.79 Å². The van der Waals surface area contributed by atoms with Crippen LogP contribution >= 0.6 is 0 Å². The van der Waals surface area contributed by atoms with Crippen LogP contribution in [0.5, 0.6) is 0 Å². The van der Waals surface area contributed by atoms with Crippen molar-refractivity contribution in [2.45, 2.75) is 6.92 Å². The molecule has 0 amide bonds. The molecule has 0 spiro atoms. The van der Waals surface area contributed by atoms with Crippen LogP contribution in [0.2, 0.25) is 0 Å². The molecule has 0 saturated carbocycles. The summed E-state index contributed by atoms with van der Waals surface area (Å²) < 4.78 is 1.57. The second-order valence-electron chi connectivity index (χ2n) is 3.98. The molecule has 0 saturated heterocycles. The molecule has 0 aliphatic carbocycles. The van der Waals surface area contributed by atoms with E-state index >= 15 is 0 Å². The molecule has 0 radical (unpaired) electrons. The van der Waals surface area contributed by atoms with Crippen molar-refractivity contribution >= 4 is 11.4 Å². The van der Waals surface area contributed by atoms with E-state index < -0.39 is 0 Å². The molecule has 88 valence electrons. The number of carbonyl (C=O) groups is 1. The maximum absolute atomic E-state index is 12.0. The van der Waals surface area contributed by atoms with Crippen LogP contribution in [0.3, 0.4) is 0 Å². The Balaban J connectivity index is 2.48. The fourth-order valence-corrected chi connectivity index (χ4v) is 1.58. The standard InChI is InChI=1S/C12H14N4O/c1-9-12(10(17)6-8-15(2)3)16-11(14-9)5-4-7-13-16/h4-8H,1-3H3. The van der Waals surface area contributed by atoms with Gasteiger partial charge in [0.2, 0.25) is 5.78 Å². The van der Waals surface area contributed by atoms with Crippen molar-refractivity contribution in [1.29, 1.82) is 0 Å². The van der Waals surface area contributed by atoms with Gasteiger partial charge in [-0.1, -0.05) is 0 Å². The minimum absolute atomic E-state index is 0.0950. The van der Waals surface area contributed by atoms with E-state index in [1.165, 1.54) is 6.08 Å². The van der Waals surface area contributed by atoms with Crippen molar-refractivity contribution in [3.8, 4) is 0 Å². The van der Waals surface area contributed by atoms with E-state index in [-0.39, 0.29) is 5.78 Å². The number of imidazole rings is 1. The lowest BCUT2D eigenvalue weighted by Crippen LogP contribution is -2.07. The molecule has 5 nitrogen and oxygen atoms in total. The molecule has 0 fully saturated rings. The molecule has 17 heavy (non-hydrogen) atoms. The molecular weight excluding hydrogens is 216 g/mol. The molecule has 2 heterocycles. The molecular formula is C12H14N4O. The van der Waals surface area contributed by atoms with Gasteiger partial charge in [-0.3, -0.25) is 4.79 Å². The first kappa shape index (κ1) is 11.3. The lowest BCUT2D eigenvalue weighted by molar-refractivity contribution is 0.103. The summed E-state index contributed by atoms with van der Waals surface area (Å²) in [5.41, 5.74) is 1.89. The summed E-state index contributed by atoms with van der Waals surface area (Å²) >= 11 is 0. The quantitative estimate of drug-likeness (QED) is 0.589. The highest BCUT2D eigenvalue weighted by atomic mass is 16.1. The third-order valence-corrected chi connectivity index (χ3v) is 2.32. The van der Waals surface area contributed by atoms with Gasteiger partial charge in [-0.15, -0.1) is 0 Å². The van der Waals surface area contributed by atoms with Gasteiger partial charge in [0.05, 0.1) is 5.69 Å². The van der Waals surface area contributed by atoms with E-state index in [9.17, 15) is 4.79 Å². The number of ketones is 1. The van der Waals surface area contributed by atoms with E-state index in [4.69, 9.17) is 0 Å². The fourth-order valence-electron chi connectivity index (χ4n) is 1.58. The maximum atomic E-state index is 12.0. The zero-order valence-electron chi connectivity index (χ0n) is 10.1. The van der Waals surface area contributed by atoms with Gasteiger partial charge in [-0.25, -0.2) is 9.50 Å². The van der Waals surface area contributed by atoms with Crippen LogP contribution < -0.4 is 0 Å². The Morgan fingerprint density at radius 2 is 2.24 bits per heavy atom. The Morgan fingerprint density at radius 3 is 2.94 bits per heavy atom. The Morgan fingerprint density at radius 1 is 1.47 bits per heavy atom. The number of hydrogen-bond donors (Lipinski definition) is 0. The van der Waals surface area contributed by atoms with Gasteiger partial charge >= 0.3 is 0 Å². The van der Waals surface area contributed by atoms with Gasteiger partial charge in [-0.2, -0.15) is 5.10 Å². The normalized spacial score (nSPS) is 11.2. The third kappa shape index (κ3) is 2.18. The summed E-state index contributed by atoms with van der Waals surface area (Å²) in [7, 11) is 3.73. The van der Waals surface area contributed by atoms with Crippen molar-refractivity contribution in [2.24, 2.45) is 0 Å². The summed E-state index contributed by atoms with van der Waals surface area (Å²) in [4.78, 5) is 18.1.